The lowest BCUT2D eigenvalue weighted by Crippen LogP contribution is -2.37. The van der Waals surface area contributed by atoms with Crippen molar-refractivity contribution in [2.24, 2.45) is 17.8 Å². The van der Waals surface area contributed by atoms with Crippen molar-refractivity contribution >= 4 is 18.0 Å². The molecule has 0 spiro atoms. The third-order valence-electron chi connectivity index (χ3n) is 6.69. The lowest BCUT2D eigenvalue weighted by atomic mass is 9.98. The Morgan fingerprint density at radius 3 is 2.24 bits per heavy atom. The normalized spacial score (nSPS) is 21.5. The number of hydrogen-bond acceptors (Lipinski definition) is 5. The number of carbonyl (C=O) groups is 3. The van der Waals surface area contributed by atoms with Gasteiger partial charge in [-0.1, -0.05) is 48.5 Å². The number of aliphatic carboxylic acids is 1. The molecule has 2 fully saturated rings. The zero-order chi connectivity index (χ0) is 22.9. The fraction of sp³-hybridized carbons (Fsp3) is 0.400. The number of ether oxygens (including phenoxy) is 1. The summed E-state index contributed by atoms with van der Waals surface area (Å²) < 4.78 is 5.51. The van der Waals surface area contributed by atoms with E-state index in [-0.39, 0.29) is 36.2 Å². The van der Waals surface area contributed by atoms with Crippen LogP contribution in [0.4, 0.5) is 4.79 Å². The molecule has 3 aliphatic carbocycles. The van der Waals surface area contributed by atoms with Crippen LogP contribution in [0.15, 0.2) is 48.5 Å². The van der Waals surface area contributed by atoms with Crippen molar-refractivity contribution < 1.29 is 29.1 Å². The van der Waals surface area contributed by atoms with Gasteiger partial charge < -0.3 is 15.2 Å². The molecule has 3 atom stereocenters. The van der Waals surface area contributed by atoms with Crippen molar-refractivity contribution in [3.8, 4) is 11.1 Å². The van der Waals surface area contributed by atoms with Crippen LogP contribution in [0.2, 0.25) is 0 Å². The van der Waals surface area contributed by atoms with Gasteiger partial charge in [0.15, 0.2) is 6.10 Å². The molecule has 1 unspecified atom stereocenters. The standard InChI is InChI=1S/C25H26N2O6/c28-23(27-33-22(24(29)30)14-9-10-14)20-11-15(20)12-26-25(31)32-13-21-18-7-3-1-5-16(18)17-6-2-4-8-19(17)21/h1-8,14-15,20-22H,9-13H2,(H,26,31)(H,27,28)(H,29,30)/t15-,20-,22?/m1/s1. The van der Waals surface area contributed by atoms with Gasteiger partial charge in [0.05, 0.1) is 0 Å². The zero-order valence-electron chi connectivity index (χ0n) is 18.0. The third kappa shape index (κ3) is 4.57. The van der Waals surface area contributed by atoms with E-state index in [1.165, 1.54) is 11.1 Å². The van der Waals surface area contributed by atoms with E-state index in [2.05, 4.69) is 35.1 Å². The summed E-state index contributed by atoms with van der Waals surface area (Å²) in [7, 11) is 0. The highest BCUT2D eigenvalue weighted by molar-refractivity contribution is 5.81. The lowest BCUT2D eigenvalue weighted by molar-refractivity contribution is -0.163. The van der Waals surface area contributed by atoms with Crippen molar-refractivity contribution in [2.45, 2.75) is 31.3 Å². The predicted molar refractivity (Wildman–Crippen MR) is 118 cm³/mol. The molecular formula is C25H26N2O6. The predicted octanol–water partition coefficient (Wildman–Crippen LogP) is 3.07. The van der Waals surface area contributed by atoms with Gasteiger partial charge >= 0.3 is 12.1 Å². The topological polar surface area (TPSA) is 114 Å². The molecule has 0 aliphatic heterocycles. The Labute approximate surface area is 191 Å². The van der Waals surface area contributed by atoms with Crippen LogP contribution in [0.5, 0.6) is 0 Å². The smallest absolute Gasteiger partial charge is 0.407 e. The number of nitrogens with one attached hydrogen (secondary N) is 2. The summed E-state index contributed by atoms with van der Waals surface area (Å²) in [5, 5.41) is 11.9. The van der Waals surface area contributed by atoms with Crippen molar-refractivity contribution in [1.82, 2.24) is 10.8 Å². The van der Waals surface area contributed by atoms with Crippen LogP contribution in [0.25, 0.3) is 11.1 Å². The molecule has 8 heteroatoms. The van der Waals surface area contributed by atoms with E-state index < -0.39 is 18.2 Å². The minimum atomic E-state index is -1.07. The average Bonchev–Trinajstić information content (AvgIpc) is 3.74. The minimum absolute atomic E-state index is 0.00611. The second-order valence-corrected chi connectivity index (χ2v) is 8.99. The summed E-state index contributed by atoms with van der Waals surface area (Å²) >= 11 is 0. The van der Waals surface area contributed by atoms with E-state index in [1.807, 2.05) is 24.3 Å². The van der Waals surface area contributed by atoms with E-state index in [1.54, 1.807) is 0 Å². The lowest BCUT2D eigenvalue weighted by Gasteiger charge is -2.14. The molecule has 8 nitrogen and oxygen atoms in total. The molecule has 0 aromatic heterocycles. The second kappa shape index (κ2) is 8.86. The Bertz CT molecular complexity index is 1040. The zero-order valence-corrected chi connectivity index (χ0v) is 18.0. The first-order chi connectivity index (χ1) is 16.0. The van der Waals surface area contributed by atoms with Crippen molar-refractivity contribution in [2.75, 3.05) is 13.2 Å². The molecule has 0 saturated heterocycles. The molecule has 33 heavy (non-hydrogen) atoms. The number of alkyl carbamates (subject to hydrolysis) is 1. The van der Waals surface area contributed by atoms with Crippen LogP contribution in [0.1, 0.15) is 36.3 Å². The second-order valence-electron chi connectivity index (χ2n) is 8.99. The van der Waals surface area contributed by atoms with Crippen LogP contribution in [0, 0.1) is 17.8 Å². The van der Waals surface area contributed by atoms with Crippen LogP contribution in [0.3, 0.4) is 0 Å². The molecule has 3 N–H and O–H groups in total. The Morgan fingerprint density at radius 2 is 1.64 bits per heavy atom. The highest BCUT2D eigenvalue weighted by Crippen LogP contribution is 2.44. The maximum atomic E-state index is 12.3. The number of rotatable bonds is 9. The molecule has 0 heterocycles. The Morgan fingerprint density at radius 1 is 1.00 bits per heavy atom. The Hall–Kier alpha value is -3.39. The summed E-state index contributed by atoms with van der Waals surface area (Å²) in [5.74, 6) is -1.77. The van der Waals surface area contributed by atoms with Gasteiger partial charge in [-0.15, -0.1) is 0 Å². The van der Waals surface area contributed by atoms with E-state index >= 15 is 0 Å². The maximum absolute atomic E-state index is 12.3. The Balaban J connectivity index is 1.07. The van der Waals surface area contributed by atoms with E-state index in [0.717, 1.165) is 24.0 Å². The van der Waals surface area contributed by atoms with Gasteiger partial charge in [-0.3, -0.25) is 9.63 Å². The van der Waals surface area contributed by atoms with Gasteiger partial charge in [0.2, 0.25) is 5.91 Å². The first-order valence-corrected chi connectivity index (χ1v) is 11.3. The average molecular weight is 450 g/mol. The monoisotopic (exact) mass is 450 g/mol. The summed E-state index contributed by atoms with van der Waals surface area (Å²) in [5.41, 5.74) is 6.92. The van der Waals surface area contributed by atoms with E-state index in [4.69, 9.17) is 14.7 Å². The van der Waals surface area contributed by atoms with Gasteiger partial charge in [0.25, 0.3) is 0 Å². The highest BCUT2D eigenvalue weighted by atomic mass is 16.7. The van der Waals surface area contributed by atoms with Gasteiger partial charge in [0.1, 0.15) is 6.61 Å². The largest absolute Gasteiger partial charge is 0.479 e. The number of carbonyl (C=O) groups excluding carboxylic acids is 2. The molecular weight excluding hydrogens is 424 g/mol. The molecule has 3 aliphatic rings. The number of hydrogen-bond donors (Lipinski definition) is 3. The molecule has 172 valence electrons. The molecule has 2 aromatic carbocycles. The first kappa shape index (κ1) is 21.5. The van der Waals surface area contributed by atoms with Gasteiger partial charge in [0, 0.05) is 18.4 Å². The Kier molecular flexibility index (Phi) is 5.76. The van der Waals surface area contributed by atoms with Gasteiger partial charge in [-0.25, -0.2) is 15.1 Å². The minimum Gasteiger partial charge on any atom is -0.479 e. The van der Waals surface area contributed by atoms with Crippen LogP contribution < -0.4 is 10.8 Å². The van der Waals surface area contributed by atoms with Crippen molar-refractivity contribution in [3.63, 3.8) is 0 Å². The number of benzene rings is 2. The van der Waals surface area contributed by atoms with E-state index in [0.29, 0.717) is 13.0 Å². The van der Waals surface area contributed by atoms with Crippen molar-refractivity contribution in [1.29, 1.82) is 0 Å². The van der Waals surface area contributed by atoms with Crippen LogP contribution in [-0.4, -0.2) is 42.3 Å². The molecule has 5 rings (SSSR count). The number of amides is 2. The van der Waals surface area contributed by atoms with Gasteiger partial charge in [-0.2, -0.15) is 0 Å². The SMILES string of the molecule is O=C(NC[C@H]1C[C@H]1C(=O)NOC(C(=O)O)C1CC1)OCC1c2ccccc2-c2ccccc21. The fourth-order valence-corrected chi connectivity index (χ4v) is 4.60. The summed E-state index contributed by atoms with van der Waals surface area (Å²) in [6.45, 7) is 0.555. The first-order valence-electron chi connectivity index (χ1n) is 11.3. The molecule has 2 amide bonds. The molecule has 2 aromatic rings. The number of carboxylic acids is 1. The quantitative estimate of drug-likeness (QED) is 0.506. The number of hydroxylamine groups is 1. The highest BCUT2D eigenvalue weighted by Gasteiger charge is 2.44. The molecule has 0 bridgehead atoms. The number of carboxylic acid groups (broad SMARTS) is 1. The van der Waals surface area contributed by atoms with Crippen LogP contribution in [-0.2, 0) is 19.2 Å². The molecule has 0 radical (unpaired) electrons. The van der Waals surface area contributed by atoms with Crippen molar-refractivity contribution in [3.05, 3.63) is 59.7 Å². The molecule has 2 saturated carbocycles. The van der Waals surface area contributed by atoms with Crippen LogP contribution >= 0.6 is 0 Å². The van der Waals surface area contributed by atoms with E-state index in [9.17, 15) is 14.4 Å². The number of fused-ring (bicyclic) bond motifs is 3. The van der Waals surface area contributed by atoms with Gasteiger partial charge in [-0.05, 0) is 53.4 Å². The fourth-order valence-electron chi connectivity index (χ4n) is 4.60. The summed E-state index contributed by atoms with van der Waals surface area (Å²) in [6.07, 6.45) is 0.690. The maximum Gasteiger partial charge on any atom is 0.407 e. The summed E-state index contributed by atoms with van der Waals surface area (Å²) in [4.78, 5) is 40.8. The third-order valence-corrected chi connectivity index (χ3v) is 6.69. The summed E-state index contributed by atoms with van der Waals surface area (Å²) in [6, 6.07) is 16.3.